The summed E-state index contributed by atoms with van der Waals surface area (Å²) in [6.07, 6.45) is 0.287. The van der Waals surface area contributed by atoms with Gasteiger partial charge in [-0.15, -0.1) is 0 Å². The van der Waals surface area contributed by atoms with E-state index in [0.29, 0.717) is 12.1 Å². The predicted molar refractivity (Wildman–Crippen MR) is 99.3 cm³/mol. The number of H-pyrrole nitrogens is 1. The fourth-order valence-electron chi connectivity index (χ4n) is 4.18. The number of alkyl halides is 3. The molecular formula is C21H20F4N4. The molecule has 4 nitrogen and oxygen atoms in total. The summed E-state index contributed by atoms with van der Waals surface area (Å²) in [5.41, 5.74) is 0.731. The van der Waals surface area contributed by atoms with Crippen molar-refractivity contribution in [3.8, 4) is 0 Å². The zero-order chi connectivity index (χ0) is 20.6. The summed E-state index contributed by atoms with van der Waals surface area (Å²) < 4.78 is 51.8. The molecule has 4 rings (SSSR count). The molecule has 0 bridgehead atoms. The Hall–Kier alpha value is -2.74. The first kappa shape index (κ1) is 19.6. The second-order valence-electron chi connectivity index (χ2n) is 7.45. The lowest BCUT2D eigenvalue weighted by molar-refractivity contribution is -0.141. The van der Waals surface area contributed by atoms with Gasteiger partial charge in [-0.2, -0.15) is 13.2 Å². The summed E-state index contributed by atoms with van der Waals surface area (Å²) >= 11 is 0. The summed E-state index contributed by atoms with van der Waals surface area (Å²) in [4.78, 5) is 13.4. The number of rotatable bonds is 4. The van der Waals surface area contributed by atoms with Gasteiger partial charge in [-0.05, 0) is 35.2 Å². The molecule has 0 aliphatic carbocycles. The van der Waals surface area contributed by atoms with Gasteiger partial charge >= 0.3 is 6.18 Å². The molecule has 3 unspecified atom stereocenters. The first-order valence-electron chi connectivity index (χ1n) is 9.34. The van der Waals surface area contributed by atoms with Gasteiger partial charge in [0.05, 0.1) is 0 Å². The van der Waals surface area contributed by atoms with Gasteiger partial charge < -0.3 is 4.98 Å². The number of nitrogens with zero attached hydrogens (tertiary/aromatic N) is 3. The maximum absolute atomic E-state index is 13.5. The van der Waals surface area contributed by atoms with Gasteiger partial charge in [0.15, 0.2) is 0 Å². The van der Waals surface area contributed by atoms with Crippen molar-refractivity contribution >= 4 is 0 Å². The van der Waals surface area contributed by atoms with E-state index in [9.17, 15) is 17.6 Å². The van der Waals surface area contributed by atoms with Crippen molar-refractivity contribution in [1.82, 2.24) is 19.9 Å². The second kappa shape index (κ2) is 7.59. The SMILES string of the molecule is CC1CN(Cc2ccc(C(F)(F)F)nc2)C(c2ccc(F)cc2)C1c1ncc[nH]1. The van der Waals surface area contributed by atoms with Crippen LogP contribution in [0.2, 0.25) is 0 Å². The number of pyridine rings is 1. The highest BCUT2D eigenvalue weighted by molar-refractivity contribution is 5.27. The van der Waals surface area contributed by atoms with Gasteiger partial charge in [0.1, 0.15) is 17.3 Å². The van der Waals surface area contributed by atoms with E-state index >= 15 is 0 Å². The molecule has 3 heterocycles. The van der Waals surface area contributed by atoms with Crippen LogP contribution in [-0.2, 0) is 12.7 Å². The Morgan fingerprint density at radius 2 is 1.86 bits per heavy atom. The Kier molecular flexibility index (Phi) is 5.12. The highest BCUT2D eigenvalue weighted by Crippen LogP contribution is 2.46. The molecular weight excluding hydrogens is 384 g/mol. The minimum Gasteiger partial charge on any atom is -0.348 e. The lowest BCUT2D eigenvalue weighted by atomic mass is 9.87. The first-order valence-corrected chi connectivity index (χ1v) is 9.34. The molecule has 2 aromatic heterocycles. The highest BCUT2D eigenvalue weighted by atomic mass is 19.4. The van der Waals surface area contributed by atoms with E-state index in [1.165, 1.54) is 24.4 Å². The lowest BCUT2D eigenvalue weighted by Crippen LogP contribution is -2.25. The largest absolute Gasteiger partial charge is 0.433 e. The van der Waals surface area contributed by atoms with Crippen LogP contribution in [0.25, 0.3) is 0 Å². The van der Waals surface area contributed by atoms with Crippen molar-refractivity contribution in [3.05, 3.63) is 83.5 Å². The molecule has 0 spiro atoms. The number of hydrogen-bond acceptors (Lipinski definition) is 3. The maximum Gasteiger partial charge on any atom is 0.433 e. The van der Waals surface area contributed by atoms with Crippen LogP contribution in [0.1, 0.15) is 41.5 Å². The Bertz CT molecular complexity index is 936. The lowest BCUT2D eigenvalue weighted by Gasteiger charge is -2.28. The molecule has 1 aliphatic heterocycles. The van der Waals surface area contributed by atoms with E-state index in [2.05, 4.69) is 26.8 Å². The summed E-state index contributed by atoms with van der Waals surface area (Å²) in [6, 6.07) is 8.75. The van der Waals surface area contributed by atoms with Gasteiger partial charge in [-0.25, -0.2) is 9.37 Å². The van der Waals surface area contributed by atoms with Crippen LogP contribution in [0.5, 0.6) is 0 Å². The van der Waals surface area contributed by atoms with Gasteiger partial charge in [-0.3, -0.25) is 9.88 Å². The topological polar surface area (TPSA) is 44.8 Å². The van der Waals surface area contributed by atoms with Crippen LogP contribution in [0, 0.1) is 11.7 Å². The van der Waals surface area contributed by atoms with Gasteiger partial charge in [0.25, 0.3) is 0 Å². The molecule has 1 aliphatic rings. The smallest absolute Gasteiger partial charge is 0.348 e. The van der Waals surface area contributed by atoms with Crippen LogP contribution in [-0.4, -0.2) is 26.4 Å². The summed E-state index contributed by atoms with van der Waals surface area (Å²) in [7, 11) is 0. The number of hydrogen-bond donors (Lipinski definition) is 1. The molecule has 3 atom stereocenters. The van der Waals surface area contributed by atoms with Gasteiger partial charge in [-0.1, -0.05) is 25.1 Å². The minimum atomic E-state index is -4.46. The molecule has 1 aromatic carbocycles. The van der Waals surface area contributed by atoms with Crippen LogP contribution >= 0.6 is 0 Å². The summed E-state index contributed by atoms with van der Waals surface area (Å²) in [6.45, 7) is 3.29. The van der Waals surface area contributed by atoms with E-state index in [-0.39, 0.29) is 23.7 Å². The van der Waals surface area contributed by atoms with Gasteiger partial charge in [0, 0.05) is 43.6 Å². The highest BCUT2D eigenvalue weighted by Gasteiger charge is 2.42. The molecule has 0 saturated carbocycles. The molecule has 3 aromatic rings. The minimum absolute atomic E-state index is 0.0536. The van der Waals surface area contributed by atoms with Gasteiger partial charge in [0.2, 0.25) is 0 Å². The van der Waals surface area contributed by atoms with Crippen molar-refractivity contribution in [3.63, 3.8) is 0 Å². The number of benzene rings is 1. The third kappa shape index (κ3) is 4.03. The zero-order valence-corrected chi connectivity index (χ0v) is 15.7. The third-order valence-electron chi connectivity index (χ3n) is 5.42. The van der Waals surface area contributed by atoms with Crippen LogP contribution in [0.3, 0.4) is 0 Å². The molecule has 0 amide bonds. The molecule has 0 radical (unpaired) electrons. The molecule has 1 saturated heterocycles. The fraction of sp³-hybridized carbons (Fsp3) is 0.333. The molecule has 8 heteroatoms. The predicted octanol–water partition coefficient (Wildman–Crippen LogP) is 4.94. The van der Waals surface area contributed by atoms with E-state index in [1.807, 2.05) is 0 Å². The molecule has 1 N–H and O–H groups in total. The van der Waals surface area contributed by atoms with E-state index < -0.39 is 11.9 Å². The second-order valence-corrected chi connectivity index (χ2v) is 7.45. The molecule has 29 heavy (non-hydrogen) atoms. The quantitative estimate of drug-likeness (QED) is 0.627. The molecule has 152 valence electrons. The number of aromatic amines is 1. The molecule has 1 fully saturated rings. The number of halogens is 4. The van der Waals surface area contributed by atoms with E-state index in [4.69, 9.17) is 0 Å². The Morgan fingerprint density at radius 3 is 2.45 bits per heavy atom. The summed E-state index contributed by atoms with van der Waals surface area (Å²) in [5.74, 6) is 0.837. The van der Waals surface area contributed by atoms with Crippen molar-refractivity contribution in [2.24, 2.45) is 5.92 Å². The zero-order valence-electron chi connectivity index (χ0n) is 15.7. The number of imidazole rings is 1. The van der Waals surface area contributed by atoms with Crippen molar-refractivity contribution in [2.45, 2.75) is 31.6 Å². The van der Waals surface area contributed by atoms with E-state index in [1.54, 1.807) is 24.5 Å². The van der Waals surface area contributed by atoms with Crippen LogP contribution in [0.4, 0.5) is 17.6 Å². The van der Waals surface area contributed by atoms with Crippen LogP contribution in [0.15, 0.2) is 55.0 Å². The number of likely N-dealkylation sites (tertiary alicyclic amines) is 1. The normalized spacial score (nSPS) is 22.9. The standard InChI is InChI=1S/C21H20F4N4/c1-13-11-29(12-14-2-7-17(28-10-14)21(23,24)25)19(15-3-5-16(22)6-4-15)18(13)20-26-8-9-27-20/h2-10,13,18-19H,11-12H2,1H3,(H,26,27). The van der Waals surface area contributed by atoms with Crippen molar-refractivity contribution < 1.29 is 17.6 Å². The number of aromatic nitrogens is 3. The van der Waals surface area contributed by atoms with Crippen LogP contribution < -0.4 is 0 Å². The third-order valence-corrected chi connectivity index (χ3v) is 5.42. The average Bonchev–Trinajstić information content (AvgIpc) is 3.30. The average molecular weight is 404 g/mol. The number of nitrogens with one attached hydrogen (secondary N) is 1. The fourth-order valence-corrected chi connectivity index (χ4v) is 4.18. The Morgan fingerprint density at radius 1 is 1.10 bits per heavy atom. The maximum atomic E-state index is 13.5. The Labute approximate surface area is 165 Å². The summed E-state index contributed by atoms with van der Waals surface area (Å²) in [5, 5.41) is 0. The Balaban J connectivity index is 1.65. The van der Waals surface area contributed by atoms with E-state index in [0.717, 1.165) is 24.0 Å². The van der Waals surface area contributed by atoms with Crippen molar-refractivity contribution in [1.29, 1.82) is 0 Å². The first-order chi connectivity index (χ1) is 13.8. The monoisotopic (exact) mass is 404 g/mol. The van der Waals surface area contributed by atoms with Crippen molar-refractivity contribution in [2.75, 3.05) is 6.54 Å².